The van der Waals surface area contributed by atoms with Gasteiger partial charge in [-0.15, -0.1) is 0 Å². The first-order chi connectivity index (χ1) is 39.9. The molecule has 0 rings (SSSR count). The normalized spacial score (nSPS) is 13.9. The number of carbonyl (C=O) groups excluding carboxylic acids is 2. The molecule has 0 aromatic heterocycles. The number of ether oxygens (including phenoxy) is 1. The Morgan fingerprint density at radius 1 is 0.427 bits per heavy atom. The Morgan fingerprint density at radius 2 is 0.744 bits per heavy atom. The van der Waals surface area contributed by atoms with E-state index in [1.54, 1.807) is 0 Å². The van der Waals surface area contributed by atoms with Gasteiger partial charge >= 0.3 is 13.8 Å². The van der Waals surface area contributed by atoms with Crippen LogP contribution >= 0.6 is 7.82 Å². The number of likely N-dealkylation sites (N-methyl/N-ethyl adjacent to an activating group) is 1. The van der Waals surface area contributed by atoms with E-state index in [4.69, 9.17) is 13.8 Å². The van der Waals surface area contributed by atoms with Crippen molar-refractivity contribution in [1.29, 1.82) is 0 Å². The minimum absolute atomic E-state index is 0.0339. The van der Waals surface area contributed by atoms with Gasteiger partial charge in [-0.25, -0.2) is 4.57 Å². The summed E-state index contributed by atoms with van der Waals surface area (Å²) >= 11 is 0. The number of esters is 1. The maximum atomic E-state index is 13.6. The summed E-state index contributed by atoms with van der Waals surface area (Å²) in [5.74, 6) is -0.528. The minimum Gasteiger partial charge on any atom is -0.456 e. The van der Waals surface area contributed by atoms with Crippen molar-refractivity contribution in [3.8, 4) is 0 Å². The van der Waals surface area contributed by atoms with E-state index in [1.165, 1.54) is 218 Å². The van der Waals surface area contributed by atoms with Crippen LogP contribution in [0.5, 0.6) is 0 Å². The summed E-state index contributed by atoms with van der Waals surface area (Å²) in [5, 5.41) is 3.05. The van der Waals surface area contributed by atoms with Gasteiger partial charge in [0.15, 0.2) is 0 Å². The number of unbranched alkanes of at least 4 members (excludes halogenated alkanes) is 40. The third-order valence-electron chi connectivity index (χ3n) is 15.7. The minimum atomic E-state index is -4.46. The van der Waals surface area contributed by atoms with Gasteiger partial charge in [-0.1, -0.05) is 307 Å². The SMILES string of the molecule is CCCCC/C=C\C/C=C\C/C=C\C/C=C\CCCCCC(=O)NC(COP(=O)(O)OCC[N+](C)(C)C)C(/C=C\CCCCCCCCCCCC)OC(=O)CCCCCCCCCCCCCCCCCCCCCCCCCCC. The standard InChI is InChI=1S/C72H135N2O7P/c1-7-10-13-16-19-22-25-28-30-32-34-35-36-37-38-39-41-43-45-47-50-53-56-59-62-65-72(76)81-70(63-60-57-54-51-48-27-24-21-18-15-12-9-3)69(68-80-82(77,78)79-67-66-74(4,5)6)73-71(75)64-61-58-55-52-49-46-44-42-40-33-31-29-26-23-20-17-14-11-8-2/h20,23,29,31,40,42,46,49,60,63,69-70H,7-19,21-22,24-28,30,32-39,41,43-45,47-48,50-59,61-62,64-68H2,1-6H3,(H-,73,75,77,78)/p+1/b23-20-,31-29-,42-40-,49-46-,63-60-. The number of hydrogen-bond acceptors (Lipinski definition) is 6. The average Bonchev–Trinajstić information content (AvgIpc) is 3.47. The molecule has 0 fully saturated rings. The number of rotatable bonds is 64. The number of nitrogens with one attached hydrogen (secondary N) is 1. The molecule has 9 nitrogen and oxygen atoms in total. The molecule has 3 atom stereocenters. The van der Waals surface area contributed by atoms with Gasteiger partial charge in [-0.05, 0) is 76.7 Å². The van der Waals surface area contributed by atoms with Gasteiger partial charge in [0.25, 0.3) is 0 Å². The number of phosphoric ester groups is 1. The Labute approximate surface area is 509 Å². The summed E-state index contributed by atoms with van der Waals surface area (Å²) < 4.78 is 30.8. The van der Waals surface area contributed by atoms with Crippen molar-refractivity contribution in [3.63, 3.8) is 0 Å². The molecular weight excluding hydrogens is 1040 g/mol. The molecule has 0 aliphatic heterocycles. The molecule has 3 unspecified atom stereocenters. The molecule has 0 aromatic carbocycles. The number of nitrogens with zero attached hydrogens (tertiary/aromatic N) is 1. The first kappa shape index (κ1) is 79.7. The lowest BCUT2D eigenvalue weighted by Crippen LogP contribution is -2.47. The van der Waals surface area contributed by atoms with Crippen molar-refractivity contribution < 1.29 is 37.3 Å². The van der Waals surface area contributed by atoms with E-state index in [0.29, 0.717) is 23.9 Å². The van der Waals surface area contributed by atoms with Crippen LogP contribution in [0.3, 0.4) is 0 Å². The van der Waals surface area contributed by atoms with Crippen LogP contribution in [0.2, 0.25) is 0 Å². The van der Waals surface area contributed by atoms with E-state index in [1.807, 2.05) is 33.3 Å². The first-order valence-corrected chi connectivity index (χ1v) is 36.6. The Hall–Kier alpha value is -2.29. The fourth-order valence-corrected chi connectivity index (χ4v) is 11.0. The second-order valence-corrected chi connectivity index (χ2v) is 26.5. The molecule has 0 heterocycles. The molecule has 2 N–H and O–H groups in total. The van der Waals surface area contributed by atoms with Gasteiger partial charge in [-0.3, -0.25) is 18.6 Å². The summed E-state index contributed by atoms with van der Waals surface area (Å²) in [7, 11) is 1.48. The van der Waals surface area contributed by atoms with E-state index in [-0.39, 0.29) is 31.5 Å². The van der Waals surface area contributed by atoms with E-state index in [0.717, 1.165) is 77.0 Å². The van der Waals surface area contributed by atoms with Gasteiger partial charge in [0.1, 0.15) is 19.3 Å². The van der Waals surface area contributed by atoms with Crippen LogP contribution < -0.4 is 5.32 Å². The maximum Gasteiger partial charge on any atom is 0.472 e. The van der Waals surface area contributed by atoms with Gasteiger partial charge < -0.3 is 19.4 Å². The molecule has 0 radical (unpaired) electrons. The van der Waals surface area contributed by atoms with Crippen LogP contribution in [0, 0.1) is 0 Å². The highest BCUT2D eigenvalue weighted by Gasteiger charge is 2.30. The Balaban J connectivity index is 5.09. The zero-order valence-corrected chi connectivity index (χ0v) is 55.9. The van der Waals surface area contributed by atoms with Gasteiger partial charge in [-0.2, -0.15) is 0 Å². The number of allylic oxidation sites excluding steroid dienone is 9. The second-order valence-electron chi connectivity index (χ2n) is 25.1. The number of amides is 1. The fraction of sp³-hybridized carbons (Fsp3) is 0.833. The van der Waals surface area contributed by atoms with Crippen LogP contribution in [0.1, 0.15) is 335 Å². The Bertz CT molecular complexity index is 1590. The molecule has 0 aliphatic rings. The smallest absolute Gasteiger partial charge is 0.456 e. The molecule has 0 spiro atoms. The third kappa shape index (κ3) is 62.2. The number of hydrogen-bond donors (Lipinski definition) is 2. The lowest BCUT2D eigenvalue weighted by atomic mass is 10.0. The van der Waals surface area contributed by atoms with E-state index in [9.17, 15) is 19.0 Å². The summed E-state index contributed by atoms with van der Waals surface area (Å²) in [6.07, 6.45) is 79.5. The first-order valence-electron chi connectivity index (χ1n) is 35.1. The molecular formula is C72H136N2O7P+. The van der Waals surface area contributed by atoms with Crippen molar-refractivity contribution in [1.82, 2.24) is 5.32 Å². The summed E-state index contributed by atoms with van der Waals surface area (Å²) in [6, 6.07) is -0.865. The summed E-state index contributed by atoms with van der Waals surface area (Å²) in [6.45, 7) is 7.00. The van der Waals surface area contributed by atoms with Crippen LogP contribution in [-0.4, -0.2) is 74.3 Å². The van der Waals surface area contributed by atoms with Crippen LogP contribution in [0.4, 0.5) is 0 Å². The fourth-order valence-electron chi connectivity index (χ4n) is 10.3. The molecule has 82 heavy (non-hydrogen) atoms. The largest absolute Gasteiger partial charge is 0.472 e. The van der Waals surface area contributed by atoms with Crippen LogP contribution in [0.25, 0.3) is 0 Å². The summed E-state index contributed by atoms with van der Waals surface area (Å²) in [5.41, 5.74) is 0. The zero-order chi connectivity index (χ0) is 60.0. The van der Waals surface area contributed by atoms with Crippen molar-refractivity contribution in [3.05, 3.63) is 60.8 Å². The molecule has 480 valence electrons. The van der Waals surface area contributed by atoms with Gasteiger partial charge in [0.05, 0.1) is 33.8 Å². The lowest BCUT2D eigenvalue weighted by Gasteiger charge is -2.27. The molecule has 1 amide bonds. The van der Waals surface area contributed by atoms with Crippen molar-refractivity contribution in [2.45, 2.75) is 348 Å². The highest BCUT2D eigenvalue weighted by atomic mass is 31.2. The van der Waals surface area contributed by atoms with Gasteiger partial charge in [0.2, 0.25) is 5.91 Å². The highest BCUT2D eigenvalue weighted by molar-refractivity contribution is 7.47. The van der Waals surface area contributed by atoms with Crippen molar-refractivity contribution in [2.24, 2.45) is 0 Å². The third-order valence-corrected chi connectivity index (χ3v) is 16.7. The number of quaternary nitrogens is 1. The molecule has 0 saturated carbocycles. The molecule has 0 aromatic rings. The monoisotopic (exact) mass is 1170 g/mol. The van der Waals surface area contributed by atoms with E-state index >= 15 is 0 Å². The van der Waals surface area contributed by atoms with E-state index in [2.05, 4.69) is 74.7 Å². The lowest BCUT2D eigenvalue weighted by molar-refractivity contribution is -0.870. The zero-order valence-electron chi connectivity index (χ0n) is 55.0. The van der Waals surface area contributed by atoms with Crippen LogP contribution in [0.15, 0.2) is 60.8 Å². The average molecular weight is 1170 g/mol. The second kappa shape index (κ2) is 61.8. The summed E-state index contributed by atoms with van der Waals surface area (Å²) in [4.78, 5) is 37.8. The van der Waals surface area contributed by atoms with Crippen LogP contribution in [-0.2, 0) is 27.9 Å². The van der Waals surface area contributed by atoms with Gasteiger partial charge in [0, 0.05) is 12.8 Å². The van der Waals surface area contributed by atoms with E-state index < -0.39 is 20.0 Å². The van der Waals surface area contributed by atoms with Crippen molar-refractivity contribution >= 4 is 19.7 Å². The van der Waals surface area contributed by atoms with Crippen molar-refractivity contribution in [2.75, 3.05) is 40.9 Å². The predicted molar refractivity (Wildman–Crippen MR) is 355 cm³/mol. The predicted octanol–water partition coefficient (Wildman–Crippen LogP) is 22.2. The molecule has 0 saturated heterocycles. The Kier molecular flexibility index (Phi) is 60.1. The number of phosphoric acid groups is 1. The maximum absolute atomic E-state index is 13.6. The number of carbonyl (C=O) groups is 2. The molecule has 0 aliphatic carbocycles. The topological polar surface area (TPSA) is 111 Å². The molecule has 10 heteroatoms. The highest BCUT2D eigenvalue weighted by Crippen LogP contribution is 2.43. The molecule has 0 bridgehead atoms. The quantitative estimate of drug-likeness (QED) is 0.0205. The Morgan fingerprint density at radius 3 is 1.15 bits per heavy atom.